The predicted octanol–water partition coefficient (Wildman–Crippen LogP) is 4.42. The molecule has 22 heavy (non-hydrogen) atoms. The Balaban J connectivity index is 1.78. The van der Waals surface area contributed by atoms with Crippen LogP contribution in [0, 0.1) is 3.57 Å². The molecule has 114 valence electrons. The van der Waals surface area contributed by atoms with Gasteiger partial charge in [0.05, 0.1) is 5.41 Å². The van der Waals surface area contributed by atoms with E-state index in [1.54, 1.807) is 0 Å². The third-order valence-corrected chi connectivity index (χ3v) is 5.30. The fourth-order valence-electron chi connectivity index (χ4n) is 3.34. The molecular formula is C19H20INO. The second-order valence-electron chi connectivity index (χ2n) is 5.96. The van der Waals surface area contributed by atoms with Gasteiger partial charge in [-0.15, -0.1) is 0 Å². The lowest BCUT2D eigenvalue weighted by molar-refractivity contribution is -0.126. The molecule has 0 radical (unpaired) electrons. The monoisotopic (exact) mass is 405 g/mol. The summed E-state index contributed by atoms with van der Waals surface area (Å²) in [6, 6.07) is 18.5. The quantitative estimate of drug-likeness (QED) is 0.750. The molecule has 2 aromatic rings. The van der Waals surface area contributed by atoms with Gasteiger partial charge in [0.25, 0.3) is 0 Å². The Kier molecular flexibility index (Phi) is 4.81. The second-order valence-corrected chi connectivity index (χ2v) is 7.21. The summed E-state index contributed by atoms with van der Waals surface area (Å²) in [5, 5.41) is 3.15. The maximum absolute atomic E-state index is 12.9. The molecule has 2 nitrogen and oxygen atoms in total. The molecule has 2 aromatic carbocycles. The number of halogens is 1. The molecule has 0 aromatic heterocycles. The molecule has 0 unspecified atom stereocenters. The first-order valence-corrected chi connectivity index (χ1v) is 8.87. The van der Waals surface area contributed by atoms with Crippen molar-refractivity contribution in [2.45, 2.75) is 37.6 Å². The second kappa shape index (κ2) is 6.82. The Hall–Kier alpha value is -1.36. The van der Waals surface area contributed by atoms with Crippen LogP contribution >= 0.6 is 22.6 Å². The van der Waals surface area contributed by atoms with Crippen molar-refractivity contribution in [2.75, 3.05) is 0 Å². The summed E-state index contributed by atoms with van der Waals surface area (Å²) in [7, 11) is 0. The lowest BCUT2D eigenvalue weighted by atomic mass is 9.78. The molecular weight excluding hydrogens is 385 g/mol. The number of hydrogen-bond donors (Lipinski definition) is 1. The Morgan fingerprint density at radius 2 is 1.64 bits per heavy atom. The van der Waals surface area contributed by atoms with E-state index in [0.29, 0.717) is 6.54 Å². The molecule has 0 atom stereocenters. The molecule has 0 spiro atoms. The van der Waals surface area contributed by atoms with Gasteiger partial charge in [-0.2, -0.15) is 0 Å². The van der Waals surface area contributed by atoms with E-state index in [9.17, 15) is 4.79 Å². The summed E-state index contributed by atoms with van der Waals surface area (Å²) in [5.41, 5.74) is 1.97. The minimum atomic E-state index is -0.334. The molecule has 1 aliphatic carbocycles. The fourth-order valence-corrected chi connectivity index (χ4v) is 3.70. The number of rotatable bonds is 4. The van der Waals surface area contributed by atoms with Gasteiger partial charge in [0.2, 0.25) is 5.91 Å². The van der Waals surface area contributed by atoms with Crippen LogP contribution in [0.2, 0.25) is 0 Å². The van der Waals surface area contributed by atoms with Crippen LogP contribution < -0.4 is 5.32 Å². The van der Waals surface area contributed by atoms with Gasteiger partial charge in [-0.1, -0.05) is 55.3 Å². The van der Waals surface area contributed by atoms with E-state index in [0.717, 1.165) is 36.8 Å². The predicted molar refractivity (Wildman–Crippen MR) is 97.6 cm³/mol. The molecule has 1 aliphatic rings. The minimum Gasteiger partial charge on any atom is -0.351 e. The highest BCUT2D eigenvalue weighted by Crippen LogP contribution is 2.41. The first-order chi connectivity index (χ1) is 10.7. The zero-order valence-electron chi connectivity index (χ0n) is 12.5. The van der Waals surface area contributed by atoms with Crippen LogP contribution in [0.3, 0.4) is 0 Å². The van der Waals surface area contributed by atoms with Crippen molar-refractivity contribution in [1.82, 2.24) is 5.32 Å². The van der Waals surface area contributed by atoms with Crippen LogP contribution in [0.5, 0.6) is 0 Å². The van der Waals surface area contributed by atoms with Gasteiger partial charge in [-0.25, -0.2) is 0 Å². The molecule has 0 bridgehead atoms. The van der Waals surface area contributed by atoms with Gasteiger partial charge in [-0.05, 0) is 58.7 Å². The zero-order valence-corrected chi connectivity index (χ0v) is 14.7. The van der Waals surface area contributed by atoms with Crippen LogP contribution in [0.1, 0.15) is 36.8 Å². The molecule has 3 heteroatoms. The molecule has 1 saturated carbocycles. The molecule has 1 fully saturated rings. The summed E-state index contributed by atoms with van der Waals surface area (Å²) < 4.78 is 1.21. The van der Waals surface area contributed by atoms with Crippen LogP contribution in [0.25, 0.3) is 0 Å². The largest absolute Gasteiger partial charge is 0.351 e. The number of carbonyl (C=O) groups is 1. The van der Waals surface area contributed by atoms with Gasteiger partial charge < -0.3 is 5.32 Å². The minimum absolute atomic E-state index is 0.176. The lowest BCUT2D eigenvalue weighted by Gasteiger charge is -2.28. The Bertz CT molecular complexity index is 630. The highest BCUT2D eigenvalue weighted by atomic mass is 127. The van der Waals surface area contributed by atoms with E-state index < -0.39 is 0 Å². The van der Waals surface area contributed by atoms with E-state index in [-0.39, 0.29) is 11.3 Å². The molecule has 3 rings (SSSR count). The summed E-state index contributed by atoms with van der Waals surface area (Å²) >= 11 is 2.31. The van der Waals surface area contributed by atoms with Gasteiger partial charge in [-0.3, -0.25) is 4.79 Å². The molecule has 1 amide bonds. The van der Waals surface area contributed by atoms with Crippen molar-refractivity contribution >= 4 is 28.5 Å². The summed E-state index contributed by atoms with van der Waals surface area (Å²) in [6.45, 7) is 0.603. The first-order valence-electron chi connectivity index (χ1n) is 7.79. The fraction of sp³-hybridized carbons (Fsp3) is 0.316. The topological polar surface area (TPSA) is 29.1 Å². The highest BCUT2D eigenvalue weighted by Gasteiger charge is 2.42. The SMILES string of the molecule is O=C(NCc1ccccc1)C1(c2ccc(I)cc2)CCCC1. The molecule has 0 aliphatic heterocycles. The van der Waals surface area contributed by atoms with Crippen molar-refractivity contribution in [2.24, 2.45) is 0 Å². The maximum Gasteiger partial charge on any atom is 0.230 e. The molecule has 0 saturated heterocycles. The number of benzene rings is 2. The van der Waals surface area contributed by atoms with E-state index in [4.69, 9.17) is 0 Å². The third-order valence-electron chi connectivity index (χ3n) is 4.58. The Morgan fingerprint density at radius 1 is 1.00 bits per heavy atom. The normalized spacial score (nSPS) is 16.4. The number of nitrogens with one attached hydrogen (secondary N) is 1. The van der Waals surface area contributed by atoms with E-state index >= 15 is 0 Å². The average molecular weight is 405 g/mol. The van der Waals surface area contributed by atoms with Crippen molar-refractivity contribution in [3.8, 4) is 0 Å². The zero-order chi connectivity index (χ0) is 15.4. The third kappa shape index (κ3) is 3.19. The van der Waals surface area contributed by atoms with Crippen LogP contribution in [-0.4, -0.2) is 5.91 Å². The van der Waals surface area contributed by atoms with Gasteiger partial charge >= 0.3 is 0 Å². The lowest BCUT2D eigenvalue weighted by Crippen LogP contribution is -2.42. The molecule has 0 heterocycles. The van der Waals surface area contributed by atoms with Crippen LogP contribution in [0.15, 0.2) is 54.6 Å². The van der Waals surface area contributed by atoms with Crippen molar-refractivity contribution in [1.29, 1.82) is 0 Å². The van der Waals surface area contributed by atoms with Crippen molar-refractivity contribution < 1.29 is 4.79 Å². The summed E-state index contributed by atoms with van der Waals surface area (Å²) in [4.78, 5) is 12.9. The summed E-state index contributed by atoms with van der Waals surface area (Å²) in [5.74, 6) is 0.176. The van der Waals surface area contributed by atoms with E-state index in [2.05, 4.69) is 52.2 Å². The van der Waals surface area contributed by atoms with Gasteiger partial charge in [0.15, 0.2) is 0 Å². The maximum atomic E-state index is 12.9. The smallest absolute Gasteiger partial charge is 0.230 e. The Morgan fingerprint density at radius 3 is 2.27 bits per heavy atom. The van der Waals surface area contributed by atoms with Crippen LogP contribution in [0.4, 0.5) is 0 Å². The number of carbonyl (C=O) groups excluding carboxylic acids is 1. The van der Waals surface area contributed by atoms with Gasteiger partial charge in [0.1, 0.15) is 0 Å². The van der Waals surface area contributed by atoms with Crippen molar-refractivity contribution in [3.05, 3.63) is 69.3 Å². The highest BCUT2D eigenvalue weighted by molar-refractivity contribution is 14.1. The van der Waals surface area contributed by atoms with Crippen molar-refractivity contribution in [3.63, 3.8) is 0 Å². The average Bonchev–Trinajstić information content (AvgIpc) is 3.05. The van der Waals surface area contributed by atoms with Crippen LogP contribution in [-0.2, 0) is 16.8 Å². The van der Waals surface area contributed by atoms with E-state index in [1.807, 2.05) is 30.3 Å². The standard InChI is InChI=1S/C19H20INO/c20-17-10-8-16(9-11-17)19(12-4-5-13-19)18(22)21-14-15-6-2-1-3-7-15/h1-3,6-11H,4-5,12-14H2,(H,21,22). The molecule has 1 N–H and O–H groups in total. The Labute approximate surface area is 145 Å². The summed E-state index contributed by atoms with van der Waals surface area (Å²) in [6.07, 6.45) is 4.16. The first kappa shape index (κ1) is 15.5. The number of amides is 1. The number of hydrogen-bond acceptors (Lipinski definition) is 1. The van der Waals surface area contributed by atoms with Gasteiger partial charge in [0, 0.05) is 10.1 Å². The van der Waals surface area contributed by atoms with E-state index in [1.165, 1.54) is 3.57 Å².